The van der Waals surface area contributed by atoms with Gasteiger partial charge in [0, 0.05) is 5.69 Å². The van der Waals surface area contributed by atoms with Crippen molar-refractivity contribution in [2.75, 3.05) is 5.73 Å². The van der Waals surface area contributed by atoms with E-state index in [0.29, 0.717) is 5.69 Å². The molecule has 20 heavy (non-hydrogen) atoms. The molecule has 0 heterocycles. The van der Waals surface area contributed by atoms with Gasteiger partial charge in [-0.25, -0.2) is 8.42 Å². The number of hydrogen-bond acceptors (Lipinski definition) is 3. The number of nitrogens with two attached hydrogens (primary N) is 1. The molecule has 0 unspecified atom stereocenters. The minimum Gasteiger partial charge on any atom is -0.399 e. The van der Waals surface area contributed by atoms with Gasteiger partial charge in [0.15, 0.2) is 9.84 Å². The zero-order valence-corrected chi connectivity index (χ0v) is 12.9. The third-order valence-electron chi connectivity index (χ3n) is 2.93. The van der Waals surface area contributed by atoms with Crippen LogP contribution in [0.4, 0.5) is 5.69 Å². The highest BCUT2D eigenvalue weighted by Crippen LogP contribution is 2.27. The summed E-state index contributed by atoms with van der Waals surface area (Å²) in [6.07, 6.45) is 0. The van der Waals surface area contributed by atoms with Crippen LogP contribution in [0.3, 0.4) is 0 Å². The molecule has 0 atom stereocenters. The summed E-state index contributed by atoms with van der Waals surface area (Å²) in [5.74, 6) is -0.0703. The van der Waals surface area contributed by atoms with Gasteiger partial charge in [-0.3, -0.25) is 0 Å². The predicted molar refractivity (Wildman–Crippen MR) is 82.7 cm³/mol. The fourth-order valence-electron chi connectivity index (χ4n) is 2.22. The highest BCUT2D eigenvalue weighted by molar-refractivity contribution is 7.90. The molecule has 106 valence electrons. The van der Waals surface area contributed by atoms with E-state index in [1.807, 2.05) is 32.0 Å². The van der Waals surface area contributed by atoms with E-state index in [-0.39, 0.29) is 15.7 Å². The second-order valence-corrected chi connectivity index (χ2v) is 7.31. The van der Waals surface area contributed by atoms with Crippen molar-refractivity contribution in [1.29, 1.82) is 0 Å². The molecule has 0 radical (unpaired) electrons. The molecule has 0 saturated carbocycles. The third-order valence-corrected chi connectivity index (χ3v) is 5.09. The van der Waals surface area contributed by atoms with Crippen molar-refractivity contribution in [3.63, 3.8) is 0 Å². The largest absolute Gasteiger partial charge is 0.399 e. The highest BCUT2D eigenvalue weighted by atomic mass is 35.5. The molecule has 0 aliphatic carbocycles. The maximum atomic E-state index is 12.4. The lowest BCUT2D eigenvalue weighted by molar-refractivity contribution is 0.595. The van der Waals surface area contributed by atoms with E-state index in [1.165, 1.54) is 12.1 Å². The molecular formula is C15H16ClNO2S. The van der Waals surface area contributed by atoms with Crippen molar-refractivity contribution in [2.45, 2.75) is 24.5 Å². The number of halogens is 1. The predicted octanol–water partition coefficient (Wildman–Crippen LogP) is 3.51. The zero-order chi connectivity index (χ0) is 14.9. The summed E-state index contributed by atoms with van der Waals surface area (Å²) in [6, 6.07) is 10.2. The van der Waals surface area contributed by atoms with Crippen LogP contribution in [0.2, 0.25) is 5.02 Å². The molecule has 2 aromatic carbocycles. The van der Waals surface area contributed by atoms with E-state index in [9.17, 15) is 8.42 Å². The second kappa shape index (κ2) is 5.46. The molecule has 0 aliphatic rings. The van der Waals surface area contributed by atoms with Crippen LogP contribution in [0.25, 0.3) is 0 Å². The van der Waals surface area contributed by atoms with Crippen molar-refractivity contribution >= 4 is 27.1 Å². The standard InChI is InChI=1S/C15H16ClNO2S/c1-10-5-11(2)7-12(6-10)9-20(18,19)15-4-3-13(17)8-14(15)16/h3-8H,9,17H2,1-2H3. The van der Waals surface area contributed by atoms with Crippen molar-refractivity contribution in [1.82, 2.24) is 0 Å². The van der Waals surface area contributed by atoms with Crippen molar-refractivity contribution in [3.05, 3.63) is 58.1 Å². The first kappa shape index (κ1) is 14.9. The third kappa shape index (κ3) is 3.32. The van der Waals surface area contributed by atoms with Gasteiger partial charge in [-0.1, -0.05) is 40.9 Å². The lowest BCUT2D eigenvalue weighted by Crippen LogP contribution is -2.06. The maximum Gasteiger partial charge on any atom is 0.183 e. The molecular weight excluding hydrogens is 294 g/mol. The van der Waals surface area contributed by atoms with E-state index in [1.54, 1.807) is 6.07 Å². The summed E-state index contributed by atoms with van der Waals surface area (Å²) in [6.45, 7) is 3.89. The van der Waals surface area contributed by atoms with Gasteiger partial charge < -0.3 is 5.73 Å². The van der Waals surface area contributed by atoms with Gasteiger partial charge >= 0.3 is 0 Å². The Morgan fingerprint density at radius 1 is 1.05 bits per heavy atom. The summed E-state index contributed by atoms with van der Waals surface area (Å²) in [5.41, 5.74) is 8.87. The van der Waals surface area contributed by atoms with Crippen LogP contribution in [0.5, 0.6) is 0 Å². The fraction of sp³-hybridized carbons (Fsp3) is 0.200. The Hall–Kier alpha value is -1.52. The monoisotopic (exact) mass is 309 g/mol. The Kier molecular flexibility index (Phi) is 4.06. The zero-order valence-electron chi connectivity index (χ0n) is 11.4. The van der Waals surface area contributed by atoms with Crippen LogP contribution in [-0.4, -0.2) is 8.42 Å². The number of hydrogen-bond donors (Lipinski definition) is 1. The number of rotatable bonds is 3. The first-order valence-electron chi connectivity index (χ1n) is 6.13. The number of sulfone groups is 1. The van der Waals surface area contributed by atoms with Gasteiger partial charge in [0.1, 0.15) is 0 Å². The molecule has 5 heteroatoms. The molecule has 0 spiro atoms. The van der Waals surface area contributed by atoms with Crippen LogP contribution in [0.15, 0.2) is 41.3 Å². The topological polar surface area (TPSA) is 60.2 Å². The summed E-state index contributed by atoms with van der Waals surface area (Å²) in [5, 5.41) is 0.161. The molecule has 2 rings (SSSR count). The number of benzene rings is 2. The van der Waals surface area contributed by atoms with Gasteiger partial charge in [-0.05, 0) is 37.6 Å². The second-order valence-electron chi connectivity index (χ2n) is 4.94. The van der Waals surface area contributed by atoms with Crippen LogP contribution in [-0.2, 0) is 15.6 Å². The Morgan fingerprint density at radius 3 is 2.20 bits per heavy atom. The van der Waals surface area contributed by atoms with Crippen LogP contribution >= 0.6 is 11.6 Å². The fourth-order valence-corrected chi connectivity index (χ4v) is 4.15. The molecule has 0 aliphatic heterocycles. The average Bonchev–Trinajstić information content (AvgIpc) is 2.25. The number of nitrogen functional groups attached to an aromatic ring is 1. The Labute approximate surface area is 124 Å². The van der Waals surface area contributed by atoms with Gasteiger partial charge in [-0.2, -0.15) is 0 Å². The number of aryl methyl sites for hydroxylation is 2. The van der Waals surface area contributed by atoms with Gasteiger partial charge in [-0.15, -0.1) is 0 Å². The molecule has 0 fully saturated rings. The Balaban J connectivity index is 2.40. The maximum absolute atomic E-state index is 12.4. The summed E-state index contributed by atoms with van der Waals surface area (Å²) < 4.78 is 24.9. The summed E-state index contributed by atoms with van der Waals surface area (Å²) >= 11 is 5.98. The van der Waals surface area contributed by atoms with E-state index >= 15 is 0 Å². The van der Waals surface area contributed by atoms with Gasteiger partial charge in [0.2, 0.25) is 0 Å². The molecule has 2 N–H and O–H groups in total. The molecule has 2 aromatic rings. The van der Waals surface area contributed by atoms with Crippen LogP contribution in [0, 0.1) is 13.8 Å². The summed E-state index contributed by atoms with van der Waals surface area (Å²) in [7, 11) is -3.48. The lowest BCUT2D eigenvalue weighted by atomic mass is 10.1. The van der Waals surface area contributed by atoms with Crippen molar-refractivity contribution in [3.8, 4) is 0 Å². The van der Waals surface area contributed by atoms with Gasteiger partial charge in [0.25, 0.3) is 0 Å². The minimum absolute atomic E-state index is 0.0703. The minimum atomic E-state index is -3.48. The van der Waals surface area contributed by atoms with E-state index in [4.69, 9.17) is 17.3 Å². The quantitative estimate of drug-likeness (QED) is 0.883. The van der Waals surface area contributed by atoms with Crippen molar-refractivity contribution < 1.29 is 8.42 Å². The smallest absolute Gasteiger partial charge is 0.183 e. The molecule has 0 saturated heterocycles. The Morgan fingerprint density at radius 2 is 1.65 bits per heavy atom. The Bertz CT molecular complexity index is 734. The van der Waals surface area contributed by atoms with Crippen molar-refractivity contribution in [2.24, 2.45) is 0 Å². The van der Waals surface area contributed by atoms with Crippen LogP contribution in [0.1, 0.15) is 16.7 Å². The van der Waals surface area contributed by atoms with Crippen LogP contribution < -0.4 is 5.73 Å². The summed E-state index contributed by atoms with van der Waals surface area (Å²) in [4.78, 5) is 0.118. The van der Waals surface area contributed by atoms with E-state index in [0.717, 1.165) is 16.7 Å². The normalized spacial score (nSPS) is 11.6. The molecule has 0 aromatic heterocycles. The first-order valence-corrected chi connectivity index (χ1v) is 8.16. The van der Waals surface area contributed by atoms with Gasteiger partial charge in [0.05, 0.1) is 15.7 Å². The highest BCUT2D eigenvalue weighted by Gasteiger charge is 2.19. The van der Waals surface area contributed by atoms with E-state index in [2.05, 4.69) is 0 Å². The molecule has 3 nitrogen and oxygen atoms in total. The molecule has 0 amide bonds. The lowest BCUT2D eigenvalue weighted by Gasteiger charge is -2.09. The first-order chi connectivity index (χ1) is 9.28. The average molecular weight is 310 g/mol. The SMILES string of the molecule is Cc1cc(C)cc(CS(=O)(=O)c2ccc(N)cc2Cl)c1. The number of anilines is 1. The van der Waals surface area contributed by atoms with E-state index < -0.39 is 9.84 Å². The molecule has 0 bridgehead atoms.